The summed E-state index contributed by atoms with van der Waals surface area (Å²) in [4.78, 5) is 4.58. The zero-order valence-electron chi connectivity index (χ0n) is 15.5. The molecule has 2 rings (SSSR count). The van der Waals surface area contributed by atoms with E-state index >= 15 is 0 Å². The van der Waals surface area contributed by atoms with E-state index in [0.717, 1.165) is 11.1 Å². The minimum Gasteiger partial charge on any atom is -0.267 e. The molecule has 134 valence electrons. The lowest BCUT2D eigenvalue weighted by molar-refractivity contribution is 0.589. The standard InChI is InChI=1S/C20H26N2O2S/c1-15-6-12-19(13-7-15)25(23,24)22-16(2)21-14-17-8-10-18(11-9-17)20(3,4)5/h6-13H,14H2,1-5H3,(H,21,22). The third kappa shape index (κ3) is 5.43. The largest absolute Gasteiger partial charge is 0.267 e. The second kappa shape index (κ2) is 7.40. The number of nitrogens with zero attached hydrogens (tertiary/aromatic N) is 1. The lowest BCUT2D eigenvalue weighted by Crippen LogP contribution is -2.28. The Morgan fingerprint density at radius 2 is 1.56 bits per heavy atom. The van der Waals surface area contributed by atoms with Crippen LogP contribution in [0.15, 0.2) is 58.4 Å². The van der Waals surface area contributed by atoms with Crippen LogP contribution in [0.2, 0.25) is 0 Å². The van der Waals surface area contributed by atoms with Gasteiger partial charge in [0.05, 0.1) is 11.4 Å². The van der Waals surface area contributed by atoms with Gasteiger partial charge in [0.1, 0.15) is 5.84 Å². The van der Waals surface area contributed by atoms with E-state index in [1.807, 2.05) is 19.1 Å². The molecule has 4 nitrogen and oxygen atoms in total. The Hall–Kier alpha value is -2.14. The Balaban J connectivity index is 2.05. The van der Waals surface area contributed by atoms with Gasteiger partial charge in [-0.3, -0.25) is 9.71 Å². The summed E-state index contributed by atoms with van der Waals surface area (Å²) in [5.41, 5.74) is 3.43. The summed E-state index contributed by atoms with van der Waals surface area (Å²) in [6, 6.07) is 15.0. The first-order chi connectivity index (χ1) is 11.6. The van der Waals surface area contributed by atoms with Crippen LogP contribution in [-0.2, 0) is 22.0 Å². The maximum absolute atomic E-state index is 12.3. The number of nitrogens with one attached hydrogen (secondary N) is 1. The van der Waals surface area contributed by atoms with Gasteiger partial charge in [-0.1, -0.05) is 62.7 Å². The lowest BCUT2D eigenvalue weighted by Gasteiger charge is -2.19. The van der Waals surface area contributed by atoms with Crippen LogP contribution in [-0.4, -0.2) is 14.3 Å². The Morgan fingerprint density at radius 1 is 1.00 bits per heavy atom. The minimum absolute atomic E-state index is 0.112. The molecule has 0 radical (unpaired) electrons. The highest BCUT2D eigenvalue weighted by Gasteiger charge is 2.14. The van der Waals surface area contributed by atoms with E-state index in [-0.39, 0.29) is 10.3 Å². The smallest absolute Gasteiger partial charge is 0.262 e. The van der Waals surface area contributed by atoms with Gasteiger partial charge in [0.15, 0.2) is 0 Å². The van der Waals surface area contributed by atoms with Crippen molar-refractivity contribution in [2.45, 2.75) is 51.5 Å². The fraction of sp³-hybridized carbons (Fsp3) is 0.350. The molecule has 0 heterocycles. The lowest BCUT2D eigenvalue weighted by atomic mass is 9.87. The van der Waals surface area contributed by atoms with Gasteiger partial charge in [-0.15, -0.1) is 0 Å². The Labute approximate surface area is 151 Å². The van der Waals surface area contributed by atoms with Crippen molar-refractivity contribution in [3.8, 4) is 0 Å². The fourth-order valence-corrected chi connectivity index (χ4v) is 3.39. The van der Waals surface area contributed by atoms with Crippen LogP contribution >= 0.6 is 0 Å². The molecule has 0 saturated carbocycles. The van der Waals surface area contributed by atoms with Gasteiger partial charge < -0.3 is 0 Å². The molecule has 0 aliphatic carbocycles. The summed E-state index contributed by atoms with van der Waals surface area (Å²) in [5, 5.41) is 0. The summed E-state index contributed by atoms with van der Waals surface area (Å²) >= 11 is 0. The van der Waals surface area contributed by atoms with Gasteiger partial charge in [0, 0.05) is 0 Å². The molecule has 2 aromatic rings. The van der Waals surface area contributed by atoms with Crippen LogP contribution in [0.1, 0.15) is 44.4 Å². The number of hydrogen-bond donors (Lipinski definition) is 1. The zero-order chi connectivity index (χ0) is 18.7. The van der Waals surface area contributed by atoms with E-state index in [1.54, 1.807) is 31.2 Å². The molecular formula is C20H26N2O2S. The highest BCUT2D eigenvalue weighted by atomic mass is 32.2. The van der Waals surface area contributed by atoms with E-state index in [0.29, 0.717) is 12.4 Å². The molecule has 0 spiro atoms. The molecule has 5 heteroatoms. The van der Waals surface area contributed by atoms with E-state index < -0.39 is 10.0 Å². The van der Waals surface area contributed by atoms with Crippen molar-refractivity contribution in [3.63, 3.8) is 0 Å². The Morgan fingerprint density at radius 3 is 2.08 bits per heavy atom. The molecule has 0 bridgehead atoms. The van der Waals surface area contributed by atoms with Gasteiger partial charge in [-0.2, -0.15) is 0 Å². The summed E-state index contributed by atoms with van der Waals surface area (Å²) < 4.78 is 27.2. The van der Waals surface area contributed by atoms with Crippen molar-refractivity contribution >= 4 is 15.9 Å². The number of aryl methyl sites for hydroxylation is 1. The Bertz CT molecular complexity index is 844. The van der Waals surface area contributed by atoms with Gasteiger partial charge in [-0.25, -0.2) is 8.42 Å². The molecule has 0 fully saturated rings. The number of hydrogen-bond acceptors (Lipinski definition) is 3. The normalized spacial score (nSPS) is 12.9. The van der Waals surface area contributed by atoms with Gasteiger partial charge in [0.25, 0.3) is 10.0 Å². The molecule has 2 aromatic carbocycles. The fourth-order valence-electron chi connectivity index (χ4n) is 2.32. The van der Waals surface area contributed by atoms with Crippen LogP contribution in [0.3, 0.4) is 0 Å². The predicted molar refractivity (Wildman–Crippen MR) is 103 cm³/mol. The monoisotopic (exact) mass is 358 g/mol. The minimum atomic E-state index is -3.59. The first-order valence-electron chi connectivity index (χ1n) is 8.28. The van der Waals surface area contributed by atoms with Crippen molar-refractivity contribution in [1.82, 2.24) is 4.72 Å². The molecule has 0 atom stereocenters. The molecular weight excluding hydrogens is 332 g/mol. The first kappa shape index (κ1) is 19.2. The van der Waals surface area contributed by atoms with Crippen LogP contribution in [0, 0.1) is 6.92 Å². The van der Waals surface area contributed by atoms with Crippen molar-refractivity contribution in [3.05, 3.63) is 65.2 Å². The van der Waals surface area contributed by atoms with E-state index in [2.05, 4.69) is 42.6 Å². The number of aliphatic imine (C=N–C) groups is 1. The summed E-state index contributed by atoms with van der Waals surface area (Å²) in [6.45, 7) is 10.5. The second-order valence-corrected chi connectivity index (χ2v) is 8.95. The molecule has 0 aromatic heterocycles. The van der Waals surface area contributed by atoms with Crippen molar-refractivity contribution in [2.24, 2.45) is 4.99 Å². The quantitative estimate of drug-likeness (QED) is 0.658. The van der Waals surface area contributed by atoms with Gasteiger partial charge in [-0.05, 0) is 42.5 Å². The third-order valence-electron chi connectivity index (χ3n) is 3.93. The van der Waals surface area contributed by atoms with Crippen LogP contribution in [0.25, 0.3) is 0 Å². The van der Waals surface area contributed by atoms with E-state index in [4.69, 9.17) is 0 Å². The highest BCUT2D eigenvalue weighted by molar-refractivity contribution is 7.90. The SMILES string of the molecule is CC(=NCc1ccc(C(C)(C)C)cc1)NS(=O)(=O)c1ccc(C)cc1. The predicted octanol–water partition coefficient (Wildman–Crippen LogP) is 4.19. The van der Waals surface area contributed by atoms with E-state index in [1.165, 1.54) is 5.56 Å². The first-order valence-corrected chi connectivity index (χ1v) is 9.76. The van der Waals surface area contributed by atoms with E-state index in [9.17, 15) is 8.42 Å². The molecule has 0 saturated heterocycles. The summed E-state index contributed by atoms with van der Waals surface area (Å²) in [7, 11) is -3.59. The van der Waals surface area contributed by atoms with Gasteiger partial charge in [0.2, 0.25) is 0 Å². The van der Waals surface area contributed by atoms with Crippen LogP contribution < -0.4 is 4.72 Å². The average molecular weight is 359 g/mol. The molecule has 0 aliphatic heterocycles. The molecule has 25 heavy (non-hydrogen) atoms. The number of benzene rings is 2. The molecule has 1 N–H and O–H groups in total. The summed E-state index contributed by atoms with van der Waals surface area (Å²) in [5.74, 6) is 0.375. The molecule has 0 unspecified atom stereocenters. The van der Waals surface area contributed by atoms with Crippen molar-refractivity contribution in [1.29, 1.82) is 0 Å². The average Bonchev–Trinajstić information content (AvgIpc) is 2.52. The topological polar surface area (TPSA) is 58.5 Å². The zero-order valence-corrected chi connectivity index (χ0v) is 16.3. The van der Waals surface area contributed by atoms with Gasteiger partial charge >= 0.3 is 0 Å². The Kier molecular flexibility index (Phi) is 5.68. The van der Waals surface area contributed by atoms with Crippen LogP contribution in [0.4, 0.5) is 0 Å². The van der Waals surface area contributed by atoms with Crippen molar-refractivity contribution < 1.29 is 8.42 Å². The molecule has 0 aliphatic rings. The van der Waals surface area contributed by atoms with Crippen LogP contribution in [0.5, 0.6) is 0 Å². The number of sulfonamides is 1. The maximum Gasteiger partial charge on any atom is 0.262 e. The summed E-state index contributed by atoms with van der Waals surface area (Å²) in [6.07, 6.45) is 0. The highest BCUT2D eigenvalue weighted by Crippen LogP contribution is 2.22. The third-order valence-corrected chi connectivity index (χ3v) is 5.39. The second-order valence-electron chi connectivity index (χ2n) is 7.27. The maximum atomic E-state index is 12.3. The number of amidine groups is 1. The molecule has 0 amide bonds. The van der Waals surface area contributed by atoms with Crippen molar-refractivity contribution in [2.75, 3.05) is 0 Å². The number of rotatable bonds is 4.